The number of piperidine rings is 1. The number of anilines is 1. The van der Waals surface area contributed by atoms with Gasteiger partial charge in [0.25, 0.3) is 0 Å². The first kappa shape index (κ1) is 21.0. The summed E-state index contributed by atoms with van der Waals surface area (Å²) in [4.78, 5) is 27.7. The van der Waals surface area contributed by atoms with Gasteiger partial charge in [-0.3, -0.25) is 14.7 Å². The molecule has 1 aliphatic carbocycles. The molecule has 3 fully saturated rings. The zero-order chi connectivity index (χ0) is 23.2. The number of likely N-dealkylation sites (N-methyl/N-ethyl adjacent to an activating group) is 1. The number of hydrogen-bond acceptors (Lipinski definition) is 8. The van der Waals surface area contributed by atoms with Gasteiger partial charge in [0.15, 0.2) is 11.5 Å². The number of carbonyl (C=O) groups is 1. The Balaban J connectivity index is 1.29. The second-order valence-corrected chi connectivity index (χ2v) is 9.33. The molecule has 1 saturated carbocycles. The van der Waals surface area contributed by atoms with Gasteiger partial charge in [0.1, 0.15) is 23.6 Å². The fourth-order valence-electron chi connectivity index (χ4n) is 4.79. The van der Waals surface area contributed by atoms with Crippen molar-refractivity contribution in [2.45, 2.75) is 43.9 Å². The van der Waals surface area contributed by atoms with Gasteiger partial charge in [-0.2, -0.15) is 5.26 Å². The molecule has 1 amide bonds. The molecule has 3 atom stereocenters. The van der Waals surface area contributed by atoms with Crippen LogP contribution in [-0.2, 0) is 9.53 Å². The number of morpholine rings is 1. The average molecular weight is 460 g/mol. The lowest BCUT2D eigenvalue weighted by Gasteiger charge is -2.46. The van der Waals surface area contributed by atoms with E-state index >= 15 is 0 Å². The first-order chi connectivity index (χ1) is 16.6. The van der Waals surface area contributed by atoms with Crippen molar-refractivity contribution in [3.63, 3.8) is 0 Å². The Morgan fingerprint density at radius 1 is 1.21 bits per heavy atom. The van der Waals surface area contributed by atoms with Crippen molar-refractivity contribution in [2.24, 2.45) is 5.92 Å². The minimum atomic E-state index is 0.00774. The summed E-state index contributed by atoms with van der Waals surface area (Å²) in [5.74, 6) is 1.21. The Kier molecular flexibility index (Phi) is 5.16. The van der Waals surface area contributed by atoms with Crippen molar-refractivity contribution in [3.8, 4) is 23.1 Å². The van der Waals surface area contributed by atoms with E-state index in [0.717, 1.165) is 25.7 Å². The minimum absolute atomic E-state index is 0.00774. The highest BCUT2D eigenvalue weighted by atomic mass is 16.5. The summed E-state index contributed by atoms with van der Waals surface area (Å²) in [6.07, 6.45) is 10.5. The maximum atomic E-state index is 12.1. The van der Waals surface area contributed by atoms with E-state index in [1.165, 1.54) is 0 Å². The third kappa shape index (κ3) is 3.97. The van der Waals surface area contributed by atoms with E-state index < -0.39 is 0 Å². The number of ether oxygens (including phenoxy) is 2. The Hall–Kier alpha value is -3.55. The topological polar surface area (TPSA) is 118 Å². The molecule has 10 heteroatoms. The molecule has 6 rings (SSSR count). The number of nitrogens with one attached hydrogen (secondary N) is 1. The SMILES string of the molecule is CN1[C@@H]2COC[C@H]1CC(Oc1cnc(C#N)cc1-c1cn3cc(NC(=O)C4CC4)nc3cn1)C2. The monoisotopic (exact) mass is 459 g/mol. The van der Waals surface area contributed by atoms with Crippen molar-refractivity contribution >= 4 is 17.4 Å². The Labute approximate surface area is 196 Å². The normalized spacial score (nSPS) is 24.5. The largest absolute Gasteiger partial charge is 0.488 e. The molecule has 0 spiro atoms. The second-order valence-electron chi connectivity index (χ2n) is 9.33. The van der Waals surface area contributed by atoms with E-state index in [1.54, 1.807) is 24.7 Å². The molecule has 10 nitrogen and oxygen atoms in total. The summed E-state index contributed by atoms with van der Waals surface area (Å²) in [6, 6.07) is 4.47. The van der Waals surface area contributed by atoms with Gasteiger partial charge in [-0.15, -0.1) is 0 Å². The highest BCUT2D eigenvalue weighted by molar-refractivity contribution is 5.93. The first-order valence-electron chi connectivity index (χ1n) is 11.6. The predicted octanol–water partition coefficient (Wildman–Crippen LogP) is 2.25. The molecule has 34 heavy (non-hydrogen) atoms. The van der Waals surface area contributed by atoms with Crippen LogP contribution in [0.5, 0.6) is 5.75 Å². The van der Waals surface area contributed by atoms with Gasteiger partial charge in [-0.05, 0) is 26.0 Å². The van der Waals surface area contributed by atoms with Crippen LogP contribution in [0.3, 0.4) is 0 Å². The van der Waals surface area contributed by atoms with Crippen molar-refractivity contribution in [1.82, 2.24) is 24.3 Å². The Morgan fingerprint density at radius 3 is 2.74 bits per heavy atom. The van der Waals surface area contributed by atoms with Crippen LogP contribution in [0, 0.1) is 17.2 Å². The number of amides is 1. The average Bonchev–Trinajstić information content (AvgIpc) is 3.60. The third-order valence-electron chi connectivity index (χ3n) is 6.93. The van der Waals surface area contributed by atoms with Crippen molar-refractivity contribution in [1.29, 1.82) is 5.26 Å². The number of nitrogens with zero attached hydrogens (tertiary/aromatic N) is 6. The van der Waals surface area contributed by atoms with Crippen LogP contribution in [0.4, 0.5) is 5.82 Å². The molecule has 3 aliphatic rings. The maximum absolute atomic E-state index is 12.1. The van der Waals surface area contributed by atoms with Gasteiger partial charge in [0, 0.05) is 42.6 Å². The molecular weight excluding hydrogens is 434 g/mol. The van der Waals surface area contributed by atoms with E-state index in [-0.39, 0.29) is 17.9 Å². The molecule has 0 radical (unpaired) electrons. The zero-order valence-electron chi connectivity index (χ0n) is 18.8. The van der Waals surface area contributed by atoms with Gasteiger partial charge < -0.3 is 19.2 Å². The van der Waals surface area contributed by atoms with Gasteiger partial charge in [0.05, 0.1) is 37.5 Å². The van der Waals surface area contributed by atoms with Gasteiger partial charge in [-0.25, -0.2) is 9.97 Å². The van der Waals surface area contributed by atoms with Crippen LogP contribution in [0.15, 0.2) is 30.9 Å². The molecule has 0 aromatic carbocycles. The van der Waals surface area contributed by atoms with Crippen LogP contribution < -0.4 is 10.1 Å². The Morgan fingerprint density at radius 2 is 2.00 bits per heavy atom. The minimum Gasteiger partial charge on any atom is -0.488 e. The summed E-state index contributed by atoms with van der Waals surface area (Å²) in [6.45, 7) is 1.42. The summed E-state index contributed by atoms with van der Waals surface area (Å²) in [7, 11) is 2.15. The zero-order valence-corrected chi connectivity index (χ0v) is 18.8. The number of pyridine rings is 1. The molecule has 1 unspecified atom stereocenters. The predicted molar refractivity (Wildman–Crippen MR) is 122 cm³/mol. The molecule has 174 valence electrons. The summed E-state index contributed by atoms with van der Waals surface area (Å²) >= 11 is 0. The maximum Gasteiger partial charge on any atom is 0.228 e. The quantitative estimate of drug-likeness (QED) is 0.617. The number of imidazole rings is 1. The van der Waals surface area contributed by atoms with Crippen LogP contribution in [0.25, 0.3) is 16.9 Å². The van der Waals surface area contributed by atoms with E-state index in [2.05, 4.69) is 38.3 Å². The van der Waals surface area contributed by atoms with Crippen molar-refractivity contribution < 1.29 is 14.3 Å². The number of aromatic nitrogens is 4. The lowest BCUT2D eigenvalue weighted by molar-refractivity contribution is -0.117. The van der Waals surface area contributed by atoms with E-state index in [9.17, 15) is 10.1 Å². The van der Waals surface area contributed by atoms with Gasteiger partial charge >= 0.3 is 0 Å². The Bertz CT molecular complexity index is 1280. The fraction of sp³-hybridized carbons (Fsp3) is 0.458. The number of nitriles is 1. The van der Waals surface area contributed by atoms with Crippen LogP contribution in [0.2, 0.25) is 0 Å². The molecule has 2 saturated heterocycles. The first-order valence-corrected chi connectivity index (χ1v) is 11.6. The van der Waals surface area contributed by atoms with Gasteiger partial charge in [-0.1, -0.05) is 0 Å². The van der Waals surface area contributed by atoms with Crippen LogP contribution in [0.1, 0.15) is 31.4 Å². The second kappa shape index (κ2) is 8.34. The van der Waals surface area contributed by atoms with E-state index in [4.69, 9.17) is 9.47 Å². The molecular formula is C24H25N7O3. The number of carbonyl (C=O) groups excluding carboxylic acids is 1. The third-order valence-corrected chi connectivity index (χ3v) is 6.93. The van der Waals surface area contributed by atoms with E-state index in [1.807, 2.05) is 10.6 Å². The van der Waals surface area contributed by atoms with Gasteiger partial charge in [0.2, 0.25) is 5.91 Å². The van der Waals surface area contributed by atoms with Crippen LogP contribution in [-0.4, -0.2) is 68.6 Å². The number of hydrogen-bond donors (Lipinski definition) is 1. The number of rotatable bonds is 5. The highest BCUT2D eigenvalue weighted by Crippen LogP contribution is 2.34. The molecule has 2 bridgehead atoms. The van der Waals surface area contributed by atoms with Crippen molar-refractivity contribution in [2.75, 3.05) is 25.6 Å². The van der Waals surface area contributed by atoms with E-state index in [0.29, 0.717) is 59.5 Å². The summed E-state index contributed by atoms with van der Waals surface area (Å²) in [5, 5.41) is 12.3. The molecule has 2 aliphatic heterocycles. The summed E-state index contributed by atoms with van der Waals surface area (Å²) in [5.41, 5.74) is 2.25. The molecule has 3 aromatic rings. The molecule has 3 aromatic heterocycles. The fourth-order valence-corrected chi connectivity index (χ4v) is 4.79. The number of fused-ring (bicyclic) bond motifs is 3. The molecule has 1 N–H and O–H groups in total. The molecule has 5 heterocycles. The smallest absolute Gasteiger partial charge is 0.228 e. The van der Waals surface area contributed by atoms with Crippen LogP contribution >= 0.6 is 0 Å². The summed E-state index contributed by atoms with van der Waals surface area (Å²) < 4.78 is 14.0. The standard InChI is InChI=1S/C24H25N7O3/c1-30-16-5-18(6-17(30)13-33-12-16)34-21-8-26-15(7-25)4-19(21)20-10-31-11-22(28-23(31)9-27-20)29-24(32)14-2-3-14/h4,8-11,14,16-18H,2-3,5-6,12-13H2,1H3,(H,29,32)/t16-,17+,18?. The lowest BCUT2D eigenvalue weighted by Crippen LogP contribution is -2.57. The van der Waals surface area contributed by atoms with Crippen molar-refractivity contribution in [3.05, 3.63) is 36.5 Å². The highest BCUT2D eigenvalue weighted by Gasteiger charge is 2.38. The lowest BCUT2D eigenvalue weighted by atomic mass is 9.92.